The van der Waals surface area contributed by atoms with E-state index < -0.39 is 46.2 Å². The highest BCUT2D eigenvalue weighted by molar-refractivity contribution is 6.31. The SMILES string of the molecule is C[C@@H](c1cc(Oc2ccc(F)c(C(=O)O)c2)ccc1Cl)[C@](O)(c1ccc(=O)n(C)c1)C(F)(F)F. The van der Waals surface area contributed by atoms with Crippen LogP contribution in [0.1, 0.15) is 34.3 Å². The Balaban J connectivity index is 2.07. The number of aryl methyl sites for hydroxylation is 1. The molecular formula is C23H18ClF4NO5. The van der Waals surface area contributed by atoms with Gasteiger partial charge in [-0.15, -0.1) is 0 Å². The molecule has 34 heavy (non-hydrogen) atoms. The van der Waals surface area contributed by atoms with E-state index in [1.807, 2.05) is 0 Å². The van der Waals surface area contributed by atoms with Crippen molar-refractivity contribution < 1.29 is 37.3 Å². The fourth-order valence-electron chi connectivity index (χ4n) is 3.49. The van der Waals surface area contributed by atoms with Crippen LogP contribution in [0.3, 0.4) is 0 Å². The number of alkyl halides is 3. The molecule has 6 nitrogen and oxygen atoms in total. The normalized spacial score (nSPS) is 14.4. The van der Waals surface area contributed by atoms with Gasteiger partial charge in [0.1, 0.15) is 17.3 Å². The minimum atomic E-state index is -5.16. The van der Waals surface area contributed by atoms with Crippen molar-refractivity contribution in [1.82, 2.24) is 4.57 Å². The van der Waals surface area contributed by atoms with Crippen molar-refractivity contribution in [3.05, 3.63) is 92.6 Å². The average Bonchev–Trinajstić information content (AvgIpc) is 2.76. The molecule has 0 saturated heterocycles. The molecule has 0 aliphatic carbocycles. The number of hydrogen-bond acceptors (Lipinski definition) is 4. The van der Waals surface area contributed by atoms with Gasteiger partial charge in [-0.2, -0.15) is 13.2 Å². The summed E-state index contributed by atoms with van der Waals surface area (Å²) in [5.74, 6) is -4.29. The topological polar surface area (TPSA) is 88.8 Å². The van der Waals surface area contributed by atoms with E-state index >= 15 is 0 Å². The number of benzene rings is 2. The van der Waals surface area contributed by atoms with Crippen molar-refractivity contribution >= 4 is 17.6 Å². The van der Waals surface area contributed by atoms with Crippen LogP contribution < -0.4 is 10.3 Å². The number of aromatic carboxylic acids is 1. The zero-order valence-corrected chi connectivity index (χ0v) is 18.5. The van der Waals surface area contributed by atoms with E-state index in [-0.39, 0.29) is 22.1 Å². The molecule has 2 aromatic carbocycles. The molecule has 0 amide bonds. The highest BCUT2D eigenvalue weighted by atomic mass is 35.5. The second-order valence-corrected chi connectivity index (χ2v) is 7.99. The number of carbonyl (C=O) groups is 1. The Morgan fingerprint density at radius 2 is 1.71 bits per heavy atom. The summed E-state index contributed by atoms with van der Waals surface area (Å²) in [6.07, 6.45) is -4.26. The van der Waals surface area contributed by atoms with Crippen molar-refractivity contribution in [3.63, 3.8) is 0 Å². The van der Waals surface area contributed by atoms with Gasteiger partial charge < -0.3 is 19.5 Å². The lowest BCUT2D eigenvalue weighted by atomic mass is 9.78. The van der Waals surface area contributed by atoms with E-state index in [0.29, 0.717) is 0 Å². The molecule has 0 radical (unpaired) electrons. The summed E-state index contributed by atoms with van der Waals surface area (Å²) in [7, 11) is 1.25. The third-order valence-corrected chi connectivity index (χ3v) is 5.77. The molecule has 0 fully saturated rings. The maximum atomic E-state index is 14.2. The first-order valence-corrected chi connectivity index (χ1v) is 10.1. The van der Waals surface area contributed by atoms with Crippen LogP contribution in [-0.4, -0.2) is 26.9 Å². The predicted octanol–water partition coefficient (Wildman–Crippen LogP) is 5.22. The zero-order valence-electron chi connectivity index (χ0n) is 17.7. The molecule has 3 rings (SSSR count). The predicted molar refractivity (Wildman–Crippen MR) is 115 cm³/mol. The number of aliphatic hydroxyl groups is 1. The van der Waals surface area contributed by atoms with E-state index in [1.54, 1.807) is 0 Å². The van der Waals surface area contributed by atoms with Gasteiger partial charge >= 0.3 is 12.1 Å². The lowest BCUT2D eigenvalue weighted by Crippen LogP contribution is -2.47. The van der Waals surface area contributed by atoms with Crippen molar-refractivity contribution in [2.24, 2.45) is 7.05 Å². The molecule has 1 heterocycles. The average molecular weight is 500 g/mol. The van der Waals surface area contributed by atoms with Crippen LogP contribution in [0.25, 0.3) is 0 Å². The maximum absolute atomic E-state index is 14.2. The van der Waals surface area contributed by atoms with Gasteiger partial charge in [0.05, 0.1) is 5.56 Å². The summed E-state index contributed by atoms with van der Waals surface area (Å²) in [5, 5.41) is 19.9. The molecule has 0 bridgehead atoms. The first-order valence-electron chi connectivity index (χ1n) is 9.72. The van der Waals surface area contributed by atoms with Gasteiger partial charge in [-0.05, 0) is 48.0 Å². The van der Waals surface area contributed by atoms with Crippen molar-refractivity contribution in [2.45, 2.75) is 24.6 Å². The van der Waals surface area contributed by atoms with Gasteiger partial charge in [0.15, 0.2) is 5.60 Å². The van der Waals surface area contributed by atoms with Crippen LogP contribution in [-0.2, 0) is 12.6 Å². The minimum Gasteiger partial charge on any atom is -0.478 e. The van der Waals surface area contributed by atoms with E-state index in [9.17, 15) is 32.3 Å². The second-order valence-electron chi connectivity index (χ2n) is 7.58. The largest absolute Gasteiger partial charge is 0.478 e. The monoisotopic (exact) mass is 499 g/mol. The minimum absolute atomic E-state index is 0.0285. The molecule has 0 aliphatic rings. The summed E-state index contributed by atoms with van der Waals surface area (Å²) in [4.78, 5) is 22.8. The van der Waals surface area contributed by atoms with Gasteiger partial charge in [-0.1, -0.05) is 18.5 Å². The van der Waals surface area contributed by atoms with Gasteiger partial charge in [0, 0.05) is 35.8 Å². The summed E-state index contributed by atoms with van der Waals surface area (Å²) in [6, 6.07) is 8.49. The molecule has 2 N–H and O–H groups in total. The number of aromatic nitrogens is 1. The number of ether oxygens (including phenoxy) is 1. The molecule has 180 valence electrons. The lowest BCUT2D eigenvalue weighted by Gasteiger charge is -2.37. The molecule has 1 aromatic heterocycles. The van der Waals surface area contributed by atoms with Crippen LogP contribution in [0, 0.1) is 5.82 Å². The smallest absolute Gasteiger partial charge is 0.422 e. The Morgan fingerprint density at radius 1 is 1.09 bits per heavy atom. The van der Waals surface area contributed by atoms with Crippen molar-refractivity contribution in [3.8, 4) is 11.5 Å². The molecule has 0 aliphatic heterocycles. The molecule has 0 spiro atoms. The van der Waals surface area contributed by atoms with E-state index in [4.69, 9.17) is 21.4 Å². The number of hydrogen-bond donors (Lipinski definition) is 2. The number of nitrogens with zero attached hydrogens (tertiary/aromatic N) is 1. The van der Waals surface area contributed by atoms with E-state index in [0.717, 1.165) is 54.1 Å². The van der Waals surface area contributed by atoms with Crippen LogP contribution in [0.2, 0.25) is 5.02 Å². The van der Waals surface area contributed by atoms with Gasteiger partial charge in [0.2, 0.25) is 5.56 Å². The number of carboxylic acid groups (broad SMARTS) is 1. The Morgan fingerprint density at radius 3 is 2.29 bits per heavy atom. The molecule has 0 saturated carbocycles. The Labute approximate surface area is 195 Å². The standard InChI is InChI=1S/C23H18ClF4NO5/c1-12(22(33,23(26,27)28)13-3-8-20(30)29(2)11-13)16-9-14(4-6-18(16)24)34-15-5-7-19(25)17(10-15)21(31)32/h3-12,33H,1-2H3,(H,31,32)/t12-,22-/m0/s1. The lowest BCUT2D eigenvalue weighted by molar-refractivity contribution is -0.274. The van der Waals surface area contributed by atoms with Gasteiger partial charge in [-0.25, -0.2) is 9.18 Å². The summed E-state index contributed by atoms with van der Waals surface area (Å²) < 4.78 is 62.6. The second kappa shape index (κ2) is 9.11. The van der Waals surface area contributed by atoms with Crippen molar-refractivity contribution in [2.75, 3.05) is 0 Å². The number of halogens is 5. The van der Waals surface area contributed by atoms with Crippen LogP contribution in [0.15, 0.2) is 59.5 Å². The third kappa shape index (κ3) is 4.64. The summed E-state index contributed by atoms with van der Waals surface area (Å²) in [5.41, 5.74) is -5.34. The maximum Gasteiger partial charge on any atom is 0.422 e. The van der Waals surface area contributed by atoms with Crippen LogP contribution in [0.4, 0.5) is 17.6 Å². The van der Waals surface area contributed by atoms with E-state index in [1.165, 1.54) is 19.2 Å². The summed E-state index contributed by atoms with van der Waals surface area (Å²) >= 11 is 6.17. The first-order chi connectivity index (χ1) is 15.8. The fraction of sp³-hybridized carbons (Fsp3) is 0.217. The molecular weight excluding hydrogens is 482 g/mol. The number of pyridine rings is 1. The number of carboxylic acids is 1. The highest BCUT2D eigenvalue weighted by Gasteiger charge is 2.59. The number of rotatable bonds is 6. The van der Waals surface area contributed by atoms with Crippen LogP contribution in [0.5, 0.6) is 11.5 Å². The molecule has 11 heteroatoms. The summed E-state index contributed by atoms with van der Waals surface area (Å²) in [6.45, 7) is 1.12. The third-order valence-electron chi connectivity index (χ3n) is 5.42. The van der Waals surface area contributed by atoms with Crippen LogP contribution >= 0.6 is 11.6 Å². The molecule has 0 unspecified atom stereocenters. The zero-order chi connectivity index (χ0) is 25.4. The van der Waals surface area contributed by atoms with Gasteiger partial charge in [0.25, 0.3) is 0 Å². The Kier molecular flexibility index (Phi) is 6.77. The highest BCUT2D eigenvalue weighted by Crippen LogP contribution is 2.50. The quantitative estimate of drug-likeness (QED) is 0.454. The molecule has 2 atom stereocenters. The van der Waals surface area contributed by atoms with Gasteiger partial charge in [-0.3, -0.25) is 4.79 Å². The van der Waals surface area contributed by atoms with E-state index in [2.05, 4.69) is 0 Å². The fourth-order valence-corrected chi connectivity index (χ4v) is 3.77. The Hall–Kier alpha value is -3.37. The molecule has 3 aromatic rings. The Bertz CT molecular complexity index is 1310. The first kappa shape index (κ1) is 25.3. The van der Waals surface area contributed by atoms with Crippen molar-refractivity contribution in [1.29, 1.82) is 0 Å².